The molecule has 0 heterocycles. The van der Waals surface area contributed by atoms with Gasteiger partial charge in [0.15, 0.2) is 6.61 Å². The number of carbonyl (C=O) groups excluding carboxylic acids is 2. The molecule has 0 atom stereocenters. The first kappa shape index (κ1) is 17.8. The standard InChI is InChI=1S/C17H16FNO4S/c1-22-15-9-11(24-2)7-8-12(15)17(21)23-10-16(20)19-14-6-4-3-5-13(14)18/h3-9H,10H2,1-2H3,(H,19,20). The molecule has 0 aliphatic rings. The maximum atomic E-state index is 13.4. The number of nitrogens with one attached hydrogen (secondary N) is 1. The van der Waals surface area contributed by atoms with Crippen molar-refractivity contribution in [3.05, 3.63) is 53.8 Å². The lowest BCUT2D eigenvalue weighted by Gasteiger charge is -2.10. The molecule has 0 unspecified atom stereocenters. The van der Waals surface area contributed by atoms with Gasteiger partial charge in [-0.15, -0.1) is 11.8 Å². The van der Waals surface area contributed by atoms with E-state index in [1.807, 2.05) is 6.26 Å². The fourth-order valence-corrected chi connectivity index (χ4v) is 2.35. The summed E-state index contributed by atoms with van der Waals surface area (Å²) < 4.78 is 23.6. The van der Waals surface area contributed by atoms with Crippen LogP contribution in [0.4, 0.5) is 10.1 Å². The van der Waals surface area contributed by atoms with Gasteiger partial charge in [0.2, 0.25) is 0 Å². The number of methoxy groups -OCH3 is 1. The van der Waals surface area contributed by atoms with E-state index in [-0.39, 0.29) is 11.3 Å². The first-order valence-corrected chi connectivity index (χ1v) is 8.21. The van der Waals surface area contributed by atoms with Gasteiger partial charge in [0.05, 0.1) is 12.8 Å². The fraction of sp³-hybridized carbons (Fsp3) is 0.176. The molecular formula is C17H16FNO4S. The number of anilines is 1. The van der Waals surface area contributed by atoms with Gasteiger partial charge in [-0.25, -0.2) is 9.18 Å². The molecule has 7 heteroatoms. The number of esters is 1. The van der Waals surface area contributed by atoms with Crippen molar-refractivity contribution in [2.24, 2.45) is 0 Å². The third kappa shape index (κ3) is 4.48. The highest BCUT2D eigenvalue weighted by molar-refractivity contribution is 7.98. The SMILES string of the molecule is COc1cc(SC)ccc1C(=O)OCC(=O)Nc1ccccc1F. The predicted molar refractivity (Wildman–Crippen MR) is 90.1 cm³/mol. The van der Waals surface area contributed by atoms with Crippen molar-refractivity contribution < 1.29 is 23.5 Å². The van der Waals surface area contributed by atoms with E-state index in [2.05, 4.69) is 5.32 Å². The van der Waals surface area contributed by atoms with E-state index in [1.54, 1.807) is 24.3 Å². The van der Waals surface area contributed by atoms with E-state index in [1.165, 1.54) is 37.1 Å². The van der Waals surface area contributed by atoms with Crippen LogP contribution in [0, 0.1) is 5.82 Å². The maximum absolute atomic E-state index is 13.4. The lowest BCUT2D eigenvalue weighted by molar-refractivity contribution is -0.119. The molecule has 2 aromatic rings. The Morgan fingerprint density at radius 3 is 2.62 bits per heavy atom. The second kappa shape index (κ2) is 8.35. The minimum absolute atomic E-state index is 0.0282. The first-order valence-electron chi connectivity index (χ1n) is 6.98. The summed E-state index contributed by atoms with van der Waals surface area (Å²) in [6.45, 7) is -0.527. The monoisotopic (exact) mass is 349 g/mol. The average molecular weight is 349 g/mol. The van der Waals surface area contributed by atoms with E-state index < -0.39 is 24.3 Å². The third-order valence-corrected chi connectivity index (χ3v) is 3.84. The fourth-order valence-electron chi connectivity index (χ4n) is 1.92. The van der Waals surface area contributed by atoms with Crippen LogP contribution in [0.15, 0.2) is 47.4 Å². The number of hydrogen-bond acceptors (Lipinski definition) is 5. The lowest BCUT2D eigenvalue weighted by atomic mass is 10.2. The van der Waals surface area contributed by atoms with Crippen LogP contribution < -0.4 is 10.1 Å². The lowest BCUT2D eigenvalue weighted by Crippen LogP contribution is -2.21. The van der Waals surface area contributed by atoms with Crippen molar-refractivity contribution in [2.45, 2.75) is 4.90 Å². The molecule has 0 radical (unpaired) electrons. The minimum Gasteiger partial charge on any atom is -0.496 e. The van der Waals surface area contributed by atoms with Crippen molar-refractivity contribution in [2.75, 3.05) is 25.3 Å². The van der Waals surface area contributed by atoms with Gasteiger partial charge in [-0.05, 0) is 36.6 Å². The Labute approximate surface area is 143 Å². The number of rotatable bonds is 6. The zero-order valence-electron chi connectivity index (χ0n) is 13.2. The van der Waals surface area contributed by atoms with E-state index in [0.29, 0.717) is 5.75 Å². The molecule has 24 heavy (non-hydrogen) atoms. The van der Waals surface area contributed by atoms with Crippen LogP contribution in [-0.2, 0) is 9.53 Å². The van der Waals surface area contributed by atoms with Crippen LogP contribution in [0.3, 0.4) is 0 Å². The minimum atomic E-state index is -0.691. The van der Waals surface area contributed by atoms with Gasteiger partial charge in [-0.2, -0.15) is 0 Å². The highest BCUT2D eigenvalue weighted by atomic mass is 32.2. The smallest absolute Gasteiger partial charge is 0.342 e. The molecule has 2 aromatic carbocycles. The molecule has 0 spiro atoms. The summed E-state index contributed by atoms with van der Waals surface area (Å²) in [5.41, 5.74) is 0.245. The average Bonchev–Trinajstić information content (AvgIpc) is 2.61. The number of ether oxygens (including phenoxy) is 2. The summed E-state index contributed by atoms with van der Waals surface area (Å²) in [5, 5.41) is 2.34. The number of benzene rings is 2. The number of hydrogen-bond donors (Lipinski definition) is 1. The van der Waals surface area contributed by atoms with Crippen LogP contribution in [0.5, 0.6) is 5.75 Å². The zero-order valence-corrected chi connectivity index (χ0v) is 14.0. The summed E-state index contributed by atoms with van der Waals surface area (Å²) in [6, 6.07) is 10.8. The Hall–Kier alpha value is -2.54. The highest BCUT2D eigenvalue weighted by Crippen LogP contribution is 2.25. The molecular weight excluding hydrogens is 333 g/mol. The first-order chi connectivity index (χ1) is 11.5. The van der Waals surface area contributed by atoms with Crippen LogP contribution in [0.25, 0.3) is 0 Å². The molecule has 126 valence electrons. The summed E-state index contributed by atoms with van der Waals surface area (Å²) in [6.07, 6.45) is 1.90. The normalized spacial score (nSPS) is 10.1. The van der Waals surface area contributed by atoms with Gasteiger partial charge >= 0.3 is 5.97 Å². The van der Waals surface area contributed by atoms with Crippen molar-refractivity contribution in [1.82, 2.24) is 0 Å². The molecule has 5 nitrogen and oxygen atoms in total. The Morgan fingerprint density at radius 1 is 1.21 bits per heavy atom. The Morgan fingerprint density at radius 2 is 1.96 bits per heavy atom. The molecule has 0 saturated heterocycles. The van der Waals surface area contributed by atoms with E-state index >= 15 is 0 Å². The molecule has 1 amide bonds. The van der Waals surface area contributed by atoms with Crippen molar-refractivity contribution in [3.63, 3.8) is 0 Å². The number of carbonyl (C=O) groups is 2. The molecule has 0 bridgehead atoms. The summed E-state index contributed by atoms with van der Waals surface area (Å²) in [7, 11) is 1.45. The quantitative estimate of drug-likeness (QED) is 0.640. The summed E-state index contributed by atoms with van der Waals surface area (Å²) in [5.74, 6) is -1.52. The largest absolute Gasteiger partial charge is 0.496 e. The van der Waals surface area contributed by atoms with Gasteiger partial charge in [0.1, 0.15) is 17.1 Å². The summed E-state index contributed by atoms with van der Waals surface area (Å²) >= 11 is 1.51. The maximum Gasteiger partial charge on any atom is 0.342 e. The second-order valence-electron chi connectivity index (χ2n) is 4.67. The predicted octanol–water partition coefficient (Wildman–Crippen LogP) is 3.35. The van der Waals surface area contributed by atoms with Crippen LogP contribution in [-0.4, -0.2) is 31.8 Å². The Balaban J connectivity index is 1.98. The molecule has 0 saturated carbocycles. The van der Waals surface area contributed by atoms with Crippen molar-refractivity contribution in [3.8, 4) is 5.75 Å². The van der Waals surface area contributed by atoms with Gasteiger partial charge in [0.25, 0.3) is 5.91 Å². The van der Waals surface area contributed by atoms with Gasteiger partial charge in [0, 0.05) is 4.90 Å². The topological polar surface area (TPSA) is 64.6 Å². The Kier molecular flexibility index (Phi) is 6.20. The summed E-state index contributed by atoms with van der Waals surface area (Å²) in [4.78, 5) is 24.8. The molecule has 0 aliphatic heterocycles. The molecule has 0 fully saturated rings. The number of para-hydroxylation sites is 1. The van der Waals surface area contributed by atoms with E-state index in [4.69, 9.17) is 9.47 Å². The van der Waals surface area contributed by atoms with Crippen LogP contribution in [0.2, 0.25) is 0 Å². The number of amides is 1. The Bertz CT molecular complexity index is 751. The highest BCUT2D eigenvalue weighted by Gasteiger charge is 2.16. The molecule has 0 aromatic heterocycles. The zero-order chi connectivity index (χ0) is 17.5. The number of thioether (sulfide) groups is 1. The third-order valence-electron chi connectivity index (χ3n) is 3.11. The van der Waals surface area contributed by atoms with Gasteiger partial charge in [-0.3, -0.25) is 4.79 Å². The van der Waals surface area contributed by atoms with E-state index in [9.17, 15) is 14.0 Å². The van der Waals surface area contributed by atoms with Crippen LogP contribution in [0.1, 0.15) is 10.4 Å². The van der Waals surface area contributed by atoms with Crippen molar-refractivity contribution in [1.29, 1.82) is 0 Å². The molecule has 0 aliphatic carbocycles. The van der Waals surface area contributed by atoms with Crippen LogP contribution >= 0.6 is 11.8 Å². The van der Waals surface area contributed by atoms with Gasteiger partial charge < -0.3 is 14.8 Å². The van der Waals surface area contributed by atoms with Crippen molar-refractivity contribution >= 4 is 29.3 Å². The molecule has 1 N–H and O–H groups in total. The molecule has 2 rings (SSSR count). The second-order valence-corrected chi connectivity index (χ2v) is 5.55. The van der Waals surface area contributed by atoms with Gasteiger partial charge in [-0.1, -0.05) is 12.1 Å². The van der Waals surface area contributed by atoms with E-state index in [0.717, 1.165) is 4.90 Å². The number of halogens is 1.